The van der Waals surface area contributed by atoms with Crippen molar-refractivity contribution in [1.29, 1.82) is 0 Å². The van der Waals surface area contributed by atoms with Crippen LogP contribution < -0.4 is 0 Å². The third kappa shape index (κ3) is 7.14. The van der Waals surface area contributed by atoms with Gasteiger partial charge in [-0.05, 0) is 19.8 Å². The largest absolute Gasteiger partial charge is 0.309 e. The highest BCUT2D eigenvalue weighted by Crippen LogP contribution is 2.21. The van der Waals surface area contributed by atoms with Crippen molar-refractivity contribution in [2.45, 2.75) is 6.32 Å². The van der Waals surface area contributed by atoms with Crippen LogP contribution in [0.2, 0.25) is 6.32 Å². The van der Waals surface area contributed by atoms with Crippen LogP contribution in [-0.4, -0.2) is 50.0 Å². The lowest BCUT2D eigenvalue weighted by atomic mass is 9.68. The summed E-state index contributed by atoms with van der Waals surface area (Å²) in [5, 5.41) is 0. The molecule has 0 N–H and O–H groups in total. The van der Waals surface area contributed by atoms with Gasteiger partial charge >= 0.3 is 0 Å². The maximum Gasteiger partial charge on any atom is 0.212 e. The molecular formula is C13H20BNOS2. The Hall–Kier alpha value is -0.385. The van der Waals surface area contributed by atoms with Crippen LogP contribution >= 0.6 is 21.6 Å². The number of carbonyl (C=O) groups is 1. The lowest BCUT2D eigenvalue weighted by Crippen LogP contribution is -2.14. The molecule has 1 rings (SSSR count). The van der Waals surface area contributed by atoms with Crippen LogP contribution in [0.25, 0.3) is 0 Å². The molecule has 1 aromatic rings. The third-order valence-electron chi connectivity index (χ3n) is 2.43. The van der Waals surface area contributed by atoms with Crippen molar-refractivity contribution >= 4 is 34.5 Å². The fourth-order valence-electron chi connectivity index (χ4n) is 1.40. The molecule has 0 spiro atoms. The summed E-state index contributed by atoms with van der Waals surface area (Å²) in [6.07, 6.45) is 0.966. The molecule has 2 nitrogen and oxygen atoms in total. The van der Waals surface area contributed by atoms with E-state index in [-0.39, 0.29) is 5.68 Å². The van der Waals surface area contributed by atoms with E-state index in [0.717, 1.165) is 29.9 Å². The van der Waals surface area contributed by atoms with Crippen molar-refractivity contribution in [3.8, 4) is 0 Å². The molecule has 0 bridgehead atoms. The number of rotatable bonds is 9. The zero-order valence-corrected chi connectivity index (χ0v) is 12.7. The molecule has 0 saturated carbocycles. The van der Waals surface area contributed by atoms with Crippen LogP contribution in [0.4, 0.5) is 0 Å². The molecule has 0 radical (unpaired) electrons. The maximum absolute atomic E-state index is 11.8. The van der Waals surface area contributed by atoms with E-state index >= 15 is 0 Å². The van der Waals surface area contributed by atoms with Gasteiger partial charge in [0, 0.05) is 17.9 Å². The SMILES string of the molecule is CN(C)CCSSCCBC(=O)c1ccccc1. The molecule has 98 valence electrons. The molecule has 1 aromatic carbocycles. The Labute approximate surface area is 119 Å². The van der Waals surface area contributed by atoms with Gasteiger partial charge in [-0.15, -0.1) is 0 Å². The summed E-state index contributed by atoms with van der Waals surface area (Å²) in [6, 6.07) is 9.55. The van der Waals surface area contributed by atoms with E-state index in [1.165, 1.54) is 0 Å². The standard InChI is InChI=1S/C13H20BNOS2/c1-15(2)9-11-18-17-10-8-14-13(16)12-6-4-3-5-7-12/h3-7,14H,8-11H2,1-2H3. The molecular weight excluding hydrogens is 261 g/mol. The number of hydrogen-bond donors (Lipinski definition) is 0. The molecule has 0 heterocycles. The molecule has 0 atom stereocenters. The summed E-state index contributed by atoms with van der Waals surface area (Å²) in [5.41, 5.74) is 1.09. The average molecular weight is 281 g/mol. The lowest BCUT2D eigenvalue weighted by molar-refractivity contribution is 0.107. The quantitative estimate of drug-likeness (QED) is 0.394. The Morgan fingerprint density at radius 3 is 2.50 bits per heavy atom. The predicted molar refractivity (Wildman–Crippen MR) is 86.2 cm³/mol. The monoisotopic (exact) mass is 281 g/mol. The van der Waals surface area contributed by atoms with E-state index in [1.807, 2.05) is 51.9 Å². The minimum atomic E-state index is 0.259. The Kier molecular flexibility index (Phi) is 8.30. The number of nitrogens with zero attached hydrogens (tertiary/aromatic N) is 1. The normalized spacial score (nSPS) is 10.6. The Bertz CT molecular complexity index is 346. The van der Waals surface area contributed by atoms with Gasteiger partial charge < -0.3 is 9.69 Å². The van der Waals surface area contributed by atoms with Crippen LogP contribution in [0.15, 0.2) is 30.3 Å². The topological polar surface area (TPSA) is 20.3 Å². The summed E-state index contributed by atoms with van der Waals surface area (Å²) in [4.78, 5) is 14.0. The van der Waals surface area contributed by atoms with Gasteiger partial charge in [-0.25, -0.2) is 0 Å². The van der Waals surface area contributed by atoms with E-state index in [0.29, 0.717) is 7.28 Å². The Morgan fingerprint density at radius 1 is 1.17 bits per heavy atom. The van der Waals surface area contributed by atoms with E-state index in [2.05, 4.69) is 19.0 Å². The second-order valence-electron chi connectivity index (χ2n) is 4.34. The maximum atomic E-state index is 11.8. The second-order valence-corrected chi connectivity index (χ2v) is 7.04. The minimum absolute atomic E-state index is 0.259. The first kappa shape index (κ1) is 15.7. The van der Waals surface area contributed by atoms with Crippen molar-refractivity contribution in [2.24, 2.45) is 0 Å². The number of benzene rings is 1. The van der Waals surface area contributed by atoms with Gasteiger partial charge in [-0.1, -0.05) is 58.2 Å². The van der Waals surface area contributed by atoms with Crippen LogP contribution in [0.3, 0.4) is 0 Å². The highest BCUT2D eigenvalue weighted by atomic mass is 33.1. The van der Waals surface area contributed by atoms with Gasteiger partial charge in [0.2, 0.25) is 7.28 Å². The summed E-state index contributed by atoms with van der Waals surface area (Å²) in [7, 11) is 8.60. The molecule has 0 aliphatic heterocycles. The predicted octanol–water partition coefficient (Wildman–Crippen LogP) is 2.62. The van der Waals surface area contributed by atoms with Crippen LogP contribution in [0.1, 0.15) is 10.4 Å². The first-order valence-corrected chi connectivity index (χ1v) is 8.66. The second kappa shape index (κ2) is 9.53. The van der Waals surface area contributed by atoms with Gasteiger partial charge in [-0.3, -0.25) is 0 Å². The van der Waals surface area contributed by atoms with Crippen molar-refractivity contribution in [2.75, 3.05) is 32.1 Å². The van der Waals surface area contributed by atoms with Crippen molar-refractivity contribution in [3.05, 3.63) is 35.9 Å². The molecule has 5 heteroatoms. The van der Waals surface area contributed by atoms with Gasteiger partial charge in [-0.2, -0.15) is 0 Å². The molecule has 0 fully saturated rings. The first-order valence-electron chi connectivity index (χ1n) is 6.17. The van der Waals surface area contributed by atoms with Crippen LogP contribution in [0.5, 0.6) is 0 Å². The highest BCUT2D eigenvalue weighted by molar-refractivity contribution is 8.76. The molecule has 0 unspecified atom stereocenters. The summed E-state index contributed by atoms with van der Waals surface area (Å²) in [6.45, 7) is 1.11. The van der Waals surface area contributed by atoms with Gasteiger partial charge in [0.25, 0.3) is 0 Å². The fourth-order valence-corrected chi connectivity index (χ4v) is 3.62. The van der Waals surface area contributed by atoms with Gasteiger partial charge in [0.1, 0.15) is 5.68 Å². The fraction of sp³-hybridized carbons (Fsp3) is 0.462. The minimum Gasteiger partial charge on any atom is -0.309 e. The first-order chi connectivity index (χ1) is 8.70. The summed E-state index contributed by atoms with van der Waals surface area (Å²) >= 11 is 0. The van der Waals surface area contributed by atoms with Crippen molar-refractivity contribution < 1.29 is 4.79 Å². The van der Waals surface area contributed by atoms with Gasteiger partial charge in [0.05, 0.1) is 0 Å². The van der Waals surface area contributed by atoms with Crippen molar-refractivity contribution in [3.63, 3.8) is 0 Å². The Balaban J connectivity index is 2.03. The average Bonchev–Trinajstić information content (AvgIpc) is 2.38. The van der Waals surface area contributed by atoms with Crippen LogP contribution in [0, 0.1) is 0 Å². The summed E-state index contributed by atoms with van der Waals surface area (Å²) < 4.78 is 0. The Morgan fingerprint density at radius 2 is 1.83 bits per heavy atom. The van der Waals surface area contributed by atoms with Crippen LogP contribution in [-0.2, 0) is 0 Å². The highest BCUT2D eigenvalue weighted by Gasteiger charge is 2.06. The van der Waals surface area contributed by atoms with Gasteiger partial charge in [0.15, 0.2) is 0 Å². The zero-order valence-electron chi connectivity index (χ0n) is 11.1. The molecule has 0 aliphatic carbocycles. The molecule has 0 saturated heterocycles. The zero-order chi connectivity index (χ0) is 13.2. The smallest absolute Gasteiger partial charge is 0.212 e. The summed E-state index contributed by atoms with van der Waals surface area (Å²) in [5.74, 6) is 2.20. The lowest BCUT2D eigenvalue weighted by Gasteiger charge is -2.07. The van der Waals surface area contributed by atoms with Crippen molar-refractivity contribution in [1.82, 2.24) is 4.90 Å². The van der Waals surface area contributed by atoms with E-state index in [4.69, 9.17) is 0 Å². The van der Waals surface area contributed by atoms with E-state index in [1.54, 1.807) is 0 Å². The van der Waals surface area contributed by atoms with E-state index in [9.17, 15) is 4.79 Å². The molecule has 0 aromatic heterocycles. The number of hydrogen-bond acceptors (Lipinski definition) is 4. The number of carbonyl (C=O) groups excluding carboxylic acids is 1. The molecule has 0 aliphatic rings. The third-order valence-corrected chi connectivity index (χ3v) is 4.90. The van der Waals surface area contributed by atoms with E-state index < -0.39 is 0 Å². The molecule has 0 amide bonds. The molecule has 18 heavy (non-hydrogen) atoms.